The molecule has 38 heavy (non-hydrogen) atoms. The minimum atomic E-state index is -3.05. The van der Waals surface area contributed by atoms with Crippen LogP contribution in [0.3, 0.4) is 0 Å². The molecule has 0 aliphatic carbocycles. The summed E-state index contributed by atoms with van der Waals surface area (Å²) >= 11 is 0. The summed E-state index contributed by atoms with van der Waals surface area (Å²) in [6, 6.07) is 10.8. The lowest BCUT2D eigenvalue weighted by atomic mass is 10.0. The average Bonchev–Trinajstić information content (AvgIpc) is 3.14. The Balaban J connectivity index is 1.46. The van der Waals surface area contributed by atoms with Crippen molar-refractivity contribution in [3.8, 4) is 16.9 Å². The van der Waals surface area contributed by atoms with E-state index in [1.54, 1.807) is 24.3 Å². The lowest BCUT2D eigenvalue weighted by Crippen LogP contribution is -2.40. The van der Waals surface area contributed by atoms with Gasteiger partial charge in [0.05, 0.1) is 23.8 Å². The van der Waals surface area contributed by atoms with Gasteiger partial charge >= 0.3 is 0 Å². The summed E-state index contributed by atoms with van der Waals surface area (Å²) in [6.07, 6.45) is 3.27. The number of rotatable bonds is 6. The minimum Gasteiger partial charge on any atom is -0.369 e. The molecule has 2 N–H and O–H groups in total. The zero-order valence-electron chi connectivity index (χ0n) is 21.0. The van der Waals surface area contributed by atoms with Crippen LogP contribution in [0.15, 0.2) is 42.5 Å². The highest BCUT2D eigenvalue weighted by molar-refractivity contribution is 7.91. The normalized spacial score (nSPS) is 19.5. The van der Waals surface area contributed by atoms with Gasteiger partial charge in [-0.25, -0.2) is 26.7 Å². The van der Waals surface area contributed by atoms with Crippen LogP contribution in [0.4, 0.5) is 26.0 Å². The van der Waals surface area contributed by atoms with Gasteiger partial charge < -0.3 is 15.5 Å². The van der Waals surface area contributed by atoms with E-state index in [0.717, 1.165) is 38.9 Å². The molecule has 3 heterocycles. The van der Waals surface area contributed by atoms with Gasteiger partial charge in [-0.2, -0.15) is 0 Å². The van der Waals surface area contributed by atoms with E-state index in [-0.39, 0.29) is 22.9 Å². The number of aromatic nitrogens is 2. The largest absolute Gasteiger partial charge is 0.369 e. The molecule has 0 saturated carbocycles. The third-order valence-corrected chi connectivity index (χ3v) is 8.82. The lowest BCUT2D eigenvalue weighted by Gasteiger charge is -2.29. The van der Waals surface area contributed by atoms with Gasteiger partial charge in [-0.05, 0) is 62.5 Å². The van der Waals surface area contributed by atoms with Crippen LogP contribution in [0.25, 0.3) is 21.8 Å². The second-order valence-corrected chi connectivity index (χ2v) is 12.1. The van der Waals surface area contributed by atoms with E-state index in [0.29, 0.717) is 41.8 Å². The summed E-state index contributed by atoms with van der Waals surface area (Å²) < 4.78 is 55.0. The third-order valence-electron chi connectivity index (χ3n) is 7.21. The van der Waals surface area contributed by atoms with Crippen molar-refractivity contribution in [2.24, 2.45) is 5.92 Å². The van der Waals surface area contributed by atoms with Crippen molar-refractivity contribution in [3.05, 3.63) is 65.5 Å². The van der Waals surface area contributed by atoms with Crippen LogP contribution in [-0.4, -0.2) is 62.4 Å². The summed E-state index contributed by atoms with van der Waals surface area (Å²) in [6.45, 7) is 10.5. The first-order valence-corrected chi connectivity index (χ1v) is 14.6. The van der Waals surface area contributed by atoms with Crippen LogP contribution in [-0.2, 0) is 9.84 Å². The molecule has 11 heteroatoms. The highest BCUT2D eigenvalue weighted by atomic mass is 32.2. The Morgan fingerprint density at radius 1 is 1.05 bits per heavy atom. The molecule has 8 nitrogen and oxygen atoms in total. The fourth-order valence-electron chi connectivity index (χ4n) is 4.99. The fourth-order valence-corrected chi connectivity index (χ4v) is 6.19. The Bertz CT molecular complexity index is 1440. The smallest absolute Gasteiger partial charge is 0.222 e. The first-order chi connectivity index (χ1) is 18.3. The maximum atomic E-state index is 15.5. The second-order valence-electron chi connectivity index (χ2n) is 9.81. The highest BCUT2D eigenvalue weighted by Crippen LogP contribution is 2.32. The van der Waals surface area contributed by atoms with Gasteiger partial charge in [-0.1, -0.05) is 12.1 Å². The zero-order chi connectivity index (χ0) is 26.7. The van der Waals surface area contributed by atoms with E-state index in [9.17, 15) is 12.8 Å². The van der Waals surface area contributed by atoms with Crippen LogP contribution in [0, 0.1) is 24.1 Å². The van der Waals surface area contributed by atoms with E-state index in [4.69, 9.17) is 6.57 Å². The zero-order valence-corrected chi connectivity index (χ0v) is 21.8. The van der Waals surface area contributed by atoms with Crippen molar-refractivity contribution in [3.63, 3.8) is 0 Å². The monoisotopic (exact) mass is 540 g/mol. The molecule has 2 saturated heterocycles. The van der Waals surface area contributed by atoms with Crippen molar-refractivity contribution in [2.45, 2.75) is 19.3 Å². The Hall–Kier alpha value is -3.49. The molecular formula is C27H30F2N6O2S. The molecule has 1 atom stereocenters. The van der Waals surface area contributed by atoms with Gasteiger partial charge in [0.15, 0.2) is 15.7 Å². The van der Waals surface area contributed by atoms with Gasteiger partial charge in [-0.15, -0.1) is 5.10 Å². The summed E-state index contributed by atoms with van der Waals surface area (Å²) in [5, 5.41) is 11.4. The highest BCUT2D eigenvalue weighted by Gasteiger charge is 2.23. The minimum absolute atomic E-state index is 0.0396. The summed E-state index contributed by atoms with van der Waals surface area (Å²) in [4.78, 5) is 5.04. The lowest BCUT2D eigenvalue weighted by molar-refractivity contribution is 0.495. The molecule has 0 bridgehead atoms. The molecule has 200 valence electrons. The molecule has 0 amide bonds. The molecule has 0 spiro atoms. The van der Waals surface area contributed by atoms with Crippen molar-refractivity contribution in [1.29, 1.82) is 0 Å². The standard InChI is InChI=1S/C27H30F2N6O2S/c1-30-24-6-4-20(15-22(24)28)26-17-27(32-18-19-3-2-9-31-10-8-19)33-35(26)25-7-5-21(16-23(25)29)34-11-13-38(36,37)14-12-34/h4-7,15-17,19,31H,2-3,8-14,18H2,(H,32,33). The summed E-state index contributed by atoms with van der Waals surface area (Å²) in [5.41, 5.74) is 1.66. The average molecular weight is 541 g/mol. The molecule has 2 fully saturated rings. The van der Waals surface area contributed by atoms with Crippen LogP contribution in [0.5, 0.6) is 0 Å². The predicted molar refractivity (Wildman–Crippen MR) is 145 cm³/mol. The number of hydrogen-bond donors (Lipinski definition) is 2. The quantitative estimate of drug-likeness (QED) is 0.451. The fraction of sp³-hybridized carbons (Fsp3) is 0.407. The van der Waals surface area contributed by atoms with Gasteiger partial charge in [-0.3, -0.25) is 0 Å². The molecule has 5 rings (SSSR count). The first-order valence-electron chi connectivity index (χ1n) is 12.8. The summed E-state index contributed by atoms with van der Waals surface area (Å²) in [7, 11) is -3.05. The van der Waals surface area contributed by atoms with E-state index in [1.807, 2.05) is 4.90 Å². The van der Waals surface area contributed by atoms with Crippen molar-refractivity contribution in [1.82, 2.24) is 15.1 Å². The Morgan fingerprint density at radius 2 is 1.87 bits per heavy atom. The molecule has 0 radical (unpaired) electrons. The maximum Gasteiger partial charge on any atom is 0.222 e. The molecular weight excluding hydrogens is 510 g/mol. The number of nitrogens with zero attached hydrogens (tertiary/aromatic N) is 4. The number of nitrogens with one attached hydrogen (secondary N) is 2. The van der Waals surface area contributed by atoms with Gasteiger partial charge in [0.25, 0.3) is 0 Å². The maximum absolute atomic E-state index is 15.5. The molecule has 2 aromatic carbocycles. The van der Waals surface area contributed by atoms with Crippen LogP contribution < -0.4 is 15.5 Å². The van der Waals surface area contributed by atoms with E-state index in [1.165, 1.54) is 22.9 Å². The molecule has 1 unspecified atom stereocenters. The van der Waals surface area contributed by atoms with Crippen molar-refractivity contribution >= 4 is 27.0 Å². The summed E-state index contributed by atoms with van der Waals surface area (Å²) in [5.74, 6) is -0.0629. The van der Waals surface area contributed by atoms with Gasteiger partial charge in [0, 0.05) is 37.0 Å². The Labute approximate surface area is 221 Å². The Kier molecular flexibility index (Phi) is 7.63. The molecule has 3 aromatic rings. The van der Waals surface area contributed by atoms with Gasteiger partial charge in [0.2, 0.25) is 5.69 Å². The molecule has 2 aliphatic heterocycles. The van der Waals surface area contributed by atoms with Crippen LogP contribution in [0.2, 0.25) is 0 Å². The molecule has 2 aliphatic rings. The van der Waals surface area contributed by atoms with Crippen LogP contribution >= 0.6 is 0 Å². The number of anilines is 2. The number of benzene rings is 2. The predicted octanol–water partition coefficient (Wildman–Crippen LogP) is 4.40. The second kappa shape index (κ2) is 11.1. The third kappa shape index (κ3) is 5.81. The van der Waals surface area contributed by atoms with Crippen molar-refractivity contribution < 1.29 is 17.2 Å². The van der Waals surface area contributed by atoms with Crippen molar-refractivity contribution in [2.75, 3.05) is 54.4 Å². The topological polar surface area (TPSA) is 83.6 Å². The van der Waals surface area contributed by atoms with E-state index >= 15 is 4.39 Å². The Morgan fingerprint density at radius 3 is 2.61 bits per heavy atom. The number of hydrogen-bond acceptors (Lipinski definition) is 6. The van der Waals surface area contributed by atoms with E-state index in [2.05, 4.69) is 20.6 Å². The molecule has 1 aromatic heterocycles. The number of sulfone groups is 1. The van der Waals surface area contributed by atoms with Gasteiger partial charge in [0.1, 0.15) is 17.3 Å². The van der Waals surface area contributed by atoms with Crippen LogP contribution in [0.1, 0.15) is 19.3 Å². The SMILES string of the molecule is [C-]#[N+]c1ccc(-c2cc(NCC3CCCNCC3)nn2-c2ccc(N3CCS(=O)(=O)CC3)cc2F)cc1F. The van der Waals surface area contributed by atoms with E-state index < -0.39 is 21.5 Å². The number of halogens is 2. The first kappa shape index (κ1) is 26.1.